The highest BCUT2D eigenvalue weighted by Gasteiger charge is 2.01. The Hall–Kier alpha value is -1.10. The van der Waals surface area contributed by atoms with E-state index in [1.165, 1.54) is 7.11 Å². The number of carbonyl (C=O) groups is 2. The summed E-state index contributed by atoms with van der Waals surface area (Å²) in [5.74, 6) is -1.36. The number of hydrogen-bond donors (Lipinski definition) is 2. The molecule has 0 fully saturated rings. The minimum atomic E-state index is -1.05. The standard InChI is InChI=1S/C6H11NO4/c1-11-3-2-5(8)7-4-6(9)10/h2-4H2,1H3,(H,7,8)(H,9,10). The van der Waals surface area contributed by atoms with Crippen LogP contribution in [0.5, 0.6) is 0 Å². The number of aliphatic carboxylic acids is 1. The number of hydrogen-bond acceptors (Lipinski definition) is 3. The Morgan fingerprint density at radius 2 is 2.18 bits per heavy atom. The van der Waals surface area contributed by atoms with Crippen molar-refractivity contribution in [1.29, 1.82) is 0 Å². The number of carboxylic acid groups (broad SMARTS) is 1. The maximum Gasteiger partial charge on any atom is 0.322 e. The SMILES string of the molecule is COCCC(=O)NCC(=O)O. The average molecular weight is 161 g/mol. The third-order valence-corrected chi connectivity index (χ3v) is 0.970. The van der Waals surface area contributed by atoms with Crippen LogP contribution in [0.2, 0.25) is 0 Å². The van der Waals surface area contributed by atoms with Crippen molar-refractivity contribution in [2.75, 3.05) is 20.3 Å². The summed E-state index contributed by atoms with van der Waals surface area (Å²) in [5.41, 5.74) is 0. The lowest BCUT2D eigenvalue weighted by Crippen LogP contribution is -2.29. The summed E-state index contributed by atoms with van der Waals surface area (Å²) < 4.78 is 4.61. The molecule has 0 saturated carbocycles. The number of ether oxygens (including phenoxy) is 1. The Balaban J connectivity index is 3.30. The summed E-state index contributed by atoms with van der Waals surface area (Å²) in [6.07, 6.45) is 0.198. The van der Waals surface area contributed by atoms with Crippen LogP contribution in [0.15, 0.2) is 0 Å². The molecule has 0 bridgehead atoms. The number of nitrogens with one attached hydrogen (secondary N) is 1. The number of carbonyl (C=O) groups excluding carboxylic acids is 1. The molecule has 0 unspecified atom stereocenters. The predicted molar refractivity (Wildman–Crippen MR) is 37.1 cm³/mol. The first-order chi connectivity index (χ1) is 5.16. The van der Waals surface area contributed by atoms with Gasteiger partial charge in [-0.3, -0.25) is 9.59 Å². The fourth-order valence-electron chi connectivity index (χ4n) is 0.457. The molecule has 1 amide bonds. The van der Waals surface area contributed by atoms with Crippen molar-refractivity contribution >= 4 is 11.9 Å². The Morgan fingerprint density at radius 3 is 2.64 bits per heavy atom. The largest absolute Gasteiger partial charge is 0.480 e. The molecule has 0 aromatic carbocycles. The van der Waals surface area contributed by atoms with Crippen LogP contribution in [0.25, 0.3) is 0 Å². The highest BCUT2D eigenvalue weighted by atomic mass is 16.5. The molecular formula is C6H11NO4. The van der Waals surface area contributed by atoms with Crippen molar-refractivity contribution in [2.45, 2.75) is 6.42 Å². The molecule has 0 aliphatic carbocycles. The van der Waals surface area contributed by atoms with E-state index in [0.717, 1.165) is 0 Å². The number of amides is 1. The third kappa shape index (κ3) is 6.79. The molecular weight excluding hydrogens is 150 g/mol. The van der Waals surface area contributed by atoms with Gasteiger partial charge in [-0.2, -0.15) is 0 Å². The van der Waals surface area contributed by atoms with Crippen molar-refractivity contribution in [3.8, 4) is 0 Å². The summed E-state index contributed by atoms with van der Waals surface area (Å²) in [5, 5.41) is 10.3. The van der Waals surface area contributed by atoms with Gasteiger partial charge >= 0.3 is 5.97 Å². The summed E-state index contributed by atoms with van der Waals surface area (Å²) in [7, 11) is 1.48. The fraction of sp³-hybridized carbons (Fsp3) is 0.667. The van der Waals surface area contributed by atoms with E-state index < -0.39 is 5.97 Å². The second-order valence-corrected chi connectivity index (χ2v) is 1.91. The second kappa shape index (κ2) is 5.67. The van der Waals surface area contributed by atoms with E-state index >= 15 is 0 Å². The topological polar surface area (TPSA) is 75.6 Å². The summed E-state index contributed by atoms with van der Waals surface area (Å²) in [6.45, 7) is -0.0198. The number of rotatable bonds is 5. The van der Waals surface area contributed by atoms with Crippen LogP contribution >= 0.6 is 0 Å². The lowest BCUT2D eigenvalue weighted by atomic mass is 10.4. The van der Waals surface area contributed by atoms with Crippen LogP contribution in [-0.2, 0) is 14.3 Å². The van der Waals surface area contributed by atoms with E-state index in [9.17, 15) is 9.59 Å². The molecule has 0 aromatic rings. The van der Waals surface area contributed by atoms with Crippen molar-refractivity contribution < 1.29 is 19.4 Å². The van der Waals surface area contributed by atoms with Gasteiger partial charge in [0.2, 0.25) is 5.91 Å². The lowest BCUT2D eigenvalue weighted by molar-refractivity contribution is -0.138. The summed E-state index contributed by atoms with van der Waals surface area (Å²) >= 11 is 0. The van der Waals surface area contributed by atoms with Crippen molar-refractivity contribution in [3.05, 3.63) is 0 Å². The minimum absolute atomic E-state index is 0.198. The van der Waals surface area contributed by atoms with Gasteiger partial charge < -0.3 is 15.2 Å². The molecule has 5 heteroatoms. The Kier molecular flexibility index (Phi) is 5.10. The van der Waals surface area contributed by atoms with Gasteiger partial charge in [-0.05, 0) is 0 Å². The first-order valence-corrected chi connectivity index (χ1v) is 3.14. The molecule has 0 heterocycles. The fourth-order valence-corrected chi connectivity index (χ4v) is 0.457. The zero-order chi connectivity index (χ0) is 8.69. The van der Waals surface area contributed by atoms with Crippen LogP contribution in [0.4, 0.5) is 0 Å². The smallest absolute Gasteiger partial charge is 0.322 e. The third-order valence-electron chi connectivity index (χ3n) is 0.970. The van der Waals surface area contributed by atoms with Gasteiger partial charge in [0.25, 0.3) is 0 Å². The monoisotopic (exact) mass is 161 g/mol. The van der Waals surface area contributed by atoms with E-state index in [4.69, 9.17) is 5.11 Å². The Labute approximate surface area is 64.3 Å². The molecule has 0 aromatic heterocycles. The molecule has 0 spiro atoms. The molecule has 0 atom stereocenters. The van der Waals surface area contributed by atoms with E-state index in [1.807, 2.05) is 0 Å². The van der Waals surface area contributed by atoms with Crippen LogP contribution in [0, 0.1) is 0 Å². The van der Waals surface area contributed by atoms with E-state index in [-0.39, 0.29) is 18.9 Å². The zero-order valence-electron chi connectivity index (χ0n) is 6.29. The van der Waals surface area contributed by atoms with E-state index in [0.29, 0.717) is 6.61 Å². The average Bonchev–Trinajstić information content (AvgIpc) is 1.97. The minimum Gasteiger partial charge on any atom is -0.480 e. The molecule has 64 valence electrons. The highest BCUT2D eigenvalue weighted by molar-refractivity contribution is 5.81. The zero-order valence-corrected chi connectivity index (χ0v) is 6.29. The molecule has 0 aliphatic rings. The molecule has 0 radical (unpaired) electrons. The first kappa shape index (κ1) is 9.90. The van der Waals surface area contributed by atoms with Crippen molar-refractivity contribution in [1.82, 2.24) is 5.32 Å². The predicted octanol–water partition coefficient (Wildman–Crippen LogP) is -0.776. The van der Waals surface area contributed by atoms with Crippen LogP contribution in [-0.4, -0.2) is 37.2 Å². The quantitative estimate of drug-likeness (QED) is 0.554. The number of carboxylic acids is 1. The van der Waals surface area contributed by atoms with E-state index in [1.54, 1.807) is 0 Å². The molecule has 0 aliphatic heterocycles. The maximum atomic E-state index is 10.7. The van der Waals surface area contributed by atoms with Gasteiger partial charge in [0.15, 0.2) is 0 Å². The van der Waals surface area contributed by atoms with Gasteiger partial charge in [-0.25, -0.2) is 0 Å². The Bertz CT molecular complexity index is 146. The van der Waals surface area contributed by atoms with Crippen molar-refractivity contribution in [3.63, 3.8) is 0 Å². The molecule has 11 heavy (non-hydrogen) atoms. The second-order valence-electron chi connectivity index (χ2n) is 1.91. The van der Waals surface area contributed by atoms with Crippen molar-refractivity contribution in [2.24, 2.45) is 0 Å². The molecule has 5 nitrogen and oxygen atoms in total. The van der Waals surface area contributed by atoms with Gasteiger partial charge in [-0.15, -0.1) is 0 Å². The first-order valence-electron chi connectivity index (χ1n) is 3.14. The number of methoxy groups -OCH3 is 1. The summed E-state index contributed by atoms with van der Waals surface area (Å²) in [4.78, 5) is 20.6. The highest BCUT2D eigenvalue weighted by Crippen LogP contribution is 1.79. The normalized spacial score (nSPS) is 9.18. The molecule has 2 N–H and O–H groups in total. The van der Waals surface area contributed by atoms with Gasteiger partial charge in [-0.1, -0.05) is 0 Å². The van der Waals surface area contributed by atoms with Crippen LogP contribution in [0.3, 0.4) is 0 Å². The van der Waals surface area contributed by atoms with Crippen LogP contribution in [0.1, 0.15) is 6.42 Å². The van der Waals surface area contributed by atoms with Gasteiger partial charge in [0.05, 0.1) is 6.61 Å². The molecule has 0 rings (SSSR count). The van der Waals surface area contributed by atoms with Crippen LogP contribution < -0.4 is 5.32 Å². The van der Waals surface area contributed by atoms with Gasteiger partial charge in [0.1, 0.15) is 6.54 Å². The Morgan fingerprint density at radius 1 is 1.55 bits per heavy atom. The van der Waals surface area contributed by atoms with Gasteiger partial charge in [0, 0.05) is 13.5 Å². The summed E-state index contributed by atoms with van der Waals surface area (Å²) in [6, 6.07) is 0. The molecule has 0 saturated heterocycles. The lowest BCUT2D eigenvalue weighted by Gasteiger charge is -1.99. The van der Waals surface area contributed by atoms with E-state index in [2.05, 4.69) is 10.1 Å². The maximum absolute atomic E-state index is 10.7.